The number of ether oxygens (including phenoxy) is 4. The van der Waals surface area contributed by atoms with E-state index in [1.165, 1.54) is 14.0 Å². The fraction of sp³-hybridized carbons (Fsp3) is 0.409. The van der Waals surface area contributed by atoms with Crippen molar-refractivity contribution in [2.24, 2.45) is 0 Å². The molecule has 2 atom stereocenters. The van der Waals surface area contributed by atoms with Crippen molar-refractivity contribution in [2.45, 2.75) is 31.9 Å². The van der Waals surface area contributed by atoms with E-state index in [1.54, 1.807) is 27.4 Å². The highest BCUT2D eigenvalue weighted by Crippen LogP contribution is 2.50. The maximum atomic E-state index is 11.9. The second-order valence-electron chi connectivity index (χ2n) is 7.01. The average molecular weight is 527 g/mol. The number of aliphatic hydroxyl groups excluding tert-OH is 1. The van der Waals surface area contributed by atoms with Gasteiger partial charge in [0.1, 0.15) is 11.9 Å². The van der Waals surface area contributed by atoms with Crippen LogP contribution in [0.1, 0.15) is 24.5 Å². The van der Waals surface area contributed by atoms with Gasteiger partial charge in [-0.15, -0.1) is 0 Å². The minimum atomic E-state index is -0.936. The first kappa shape index (κ1) is 22.5. The smallest absolute Gasteiger partial charge is 0.217 e. The van der Waals surface area contributed by atoms with Crippen molar-refractivity contribution in [3.63, 3.8) is 0 Å². The Morgan fingerprint density at radius 1 is 1.13 bits per heavy atom. The minimum absolute atomic E-state index is 0.137. The van der Waals surface area contributed by atoms with Crippen LogP contribution in [0.4, 0.5) is 0 Å². The summed E-state index contributed by atoms with van der Waals surface area (Å²) < 4.78 is 23.1. The molecule has 1 amide bonds. The molecule has 0 aromatic heterocycles. The first-order chi connectivity index (χ1) is 14.4. The van der Waals surface area contributed by atoms with Crippen LogP contribution in [0.15, 0.2) is 33.1 Å². The Morgan fingerprint density at radius 3 is 2.40 bits per heavy atom. The molecule has 2 aliphatic carbocycles. The summed E-state index contributed by atoms with van der Waals surface area (Å²) in [6.07, 6.45) is 4.09. The highest BCUT2D eigenvalue weighted by molar-refractivity contribution is 14.1. The second-order valence-corrected chi connectivity index (χ2v) is 8.17. The number of amides is 1. The molecule has 0 radical (unpaired) electrons. The largest absolute Gasteiger partial charge is 0.497 e. The molecule has 30 heavy (non-hydrogen) atoms. The summed E-state index contributed by atoms with van der Waals surface area (Å²) in [5.74, 6) is 1.93. The molecule has 8 heteroatoms. The molecule has 1 aromatic rings. The van der Waals surface area contributed by atoms with E-state index < -0.39 is 6.10 Å². The molecule has 0 fully saturated rings. The predicted molar refractivity (Wildman–Crippen MR) is 122 cm³/mol. The maximum Gasteiger partial charge on any atom is 0.217 e. The van der Waals surface area contributed by atoms with Crippen molar-refractivity contribution in [3.05, 3.63) is 44.3 Å². The molecule has 0 saturated carbocycles. The Bertz CT molecular complexity index is 949. The van der Waals surface area contributed by atoms with Gasteiger partial charge >= 0.3 is 0 Å². The van der Waals surface area contributed by atoms with Gasteiger partial charge in [-0.2, -0.15) is 0 Å². The van der Waals surface area contributed by atoms with Gasteiger partial charge in [-0.3, -0.25) is 4.79 Å². The van der Waals surface area contributed by atoms with Gasteiger partial charge < -0.3 is 29.4 Å². The summed E-state index contributed by atoms with van der Waals surface area (Å²) >= 11 is 2.15. The number of fused-ring (bicyclic) bond motifs is 3. The number of hydrogen-bond acceptors (Lipinski definition) is 6. The van der Waals surface area contributed by atoms with Gasteiger partial charge in [0.15, 0.2) is 11.5 Å². The number of allylic oxidation sites excluding steroid dienone is 2. The third-order valence-electron chi connectivity index (χ3n) is 5.28. The maximum absolute atomic E-state index is 11.9. The van der Waals surface area contributed by atoms with Gasteiger partial charge in [-0.25, -0.2) is 0 Å². The fourth-order valence-electron chi connectivity index (χ4n) is 4.05. The quantitative estimate of drug-likeness (QED) is 0.573. The Labute approximate surface area is 189 Å². The lowest BCUT2D eigenvalue weighted by Crippen LogP contribution is -2.35. The van der Waals surface area contributed by atoms with Crippen LogP contribution in [0.25, 0.3) is 5.57 Å². The molecule has 1 aromatic carbocycles. The topological polar surface area (TPSA) is 86.3 Å². The zero-order valence-electron chi connectivity index (χ0n) is 17.7. The lowest BCUT2D eigenvalue weighted by Gasteiger charge is -2.23. The van der Waals surface area contributed by atoms with Crippen LogP contribution < -0.4 is 19.5 Å². The third-order valence-corrected chi connectivity index (χ3v) is 6.12. The van der Waals surface area contributed by atoms with Crippen LogP contribution in [0.2, 0.25) is 0 Å². The highest BCUT2D eigenvalue weighted by Gasteiger charge is 2.33. The molecule has 2 N–H and O–H groups in total. The molecule has 0 saturated heterocycles. The molecule has 0 unspecified atom stereocenters. The zero-order chi connectivity index (χ0) is 22.0. The lowest BCUT2D eigenvalue weighted by molar-refractivity contribution is -0.119. The minimum Gasteiger partial charge on any atom is -0.497 e. The molecule has 2 aliphatic rings. The van der Waals surface area contributed by atoms with Gasteiger partial charge in [0.05, 0.1) is 38.1 Å². The normalized spacial score (nSPS) is 20.6. The van der Waals surface area contributed by atoms with E-state index in [4.69, 9.17) is 18.9 Å². The van der Waals surface area contributed by atoms with Crippen LogP contribution in [-0.2, 0) is 16.0 Å². The summed E-state index contributed by atoms with van der Waals surface area (Å²) in [6, 6.07) is 1.67. The summed E-state index contributed by atoms with van der Waals surface area (Å²) in [4.78, 5) is 11.9. The Kier molecular flexibility index (Phi) is 6.97. The van der Waals surface area contributed by atoms with E-state index in [0.29, 0.717) is 35.8 Å². The standard InChI is InChI=1S/C22H26INO6/c1-11(25)24-16-7-6-12-8-18(27-2)21(29-4)22(30-5)19(12)14-9-15(23)20(28-3)17(26)10-13(14)16/h8-10,16-17,26H,6-7H2,1-5H3,(H,24,25)/t16-,17-/m0/s1. The Balaban J connectivity index is 2.36. The van der Waals surface area contributed by atoms with Crippen molar-refractivity contribution >= 4 is 34.1 Å². The van der Waals surface area contributed by atoms with E-state index in [2.05, 4.69) is 27.9 Å². The zero-order valence-corrected chi connectivity index (χ0v) is 19.8. The van der Waals surface area contributed by atoms with Crippen LogP contribution >= 0.6 is 22.6 Å². The van der Waals surface area contributed by atoms with Gasteiger partial charge in [0.25, 0.3) is 0 Å². The number of nitrogens with one attached hydrogen (secondary N) is 1. The van der Waals surface area contributed by atoms with Gasteiger partial charge in [-0.05, 0) is 70.4 Å². The first-order valence-corrected chi connectivity index (χ1v) is 10.6. The molecule has 0 bridgehead atoms. The van der Waals surface area contributed by atoms with Crippen molar-refractivity contribution < 1.29 is 28.8 Å². The van der Waals surface area contributed by atoms with Crippen LogP contribution in [0.3, 0.4) is 0 Å². The van der Waals surface area contributed by atoms with Crippen molar-refractivity contribution in [1.82, 2.24) is 5.32 Å². The molecule has 3 rings (SSSR count). The molecule has 7 nitrogen and oxygen atoms in total. The summed E-state index contributed by atoms with van der Waals surface area (Å²) in [6.45, 7) is 1.49. The van der Waals surface area contributed by atoms with E-state index >= 15 is 0 Å². The number of methoxy groups -OCH3 is 4. The second kappa shape index (κ2) is 9.30. The van der Waals surface area contributed by atoms with Crippen LogP contribution in [0, 0.1) is 0 Å². The van der Waals surface area contributed by atoms with E-state index in [1.807, 2.05) is 12.1 Å². The van der Waals surface area contributed by atoms with E-state index in [-0.39, 0.29) is 11.9 Å². The van der Waals surface area contributed by atoms with Crippen LogP contribution in [0.5, 0.6) is 17.2 Å². The summed E-state index contributed by atoms with van der Waals surface area (Å²) in [7, 11) is 6.27. The SMILES string of the molecule is COC1=C(I)C=C2C(=C[C@@H]1O)[C@@H](NC(C)=O)CCc1cc(OC)c(OC)c(OC)c12. The number of aryl methyl sites for hydroxylation is 1. The number of rotatable bonds is 5. The first-order valence-electron chi connectivity index (χ1n) is 9.51. The number of carbonyl (C=O) groups excluding carboxylic acids is 1. The molecule has 0 aliphatic heterocycles. The number of hydrogen-bond donors (Lipinski definition) is 2. The molecular weight excluding hydrogens is 501 g/mol. The monoisotopic (exact) mass is 527 g/mol. The summed E-state index contributed by atoms with van der Waals surface area (Å²) in [5.41, 5.74) is 3.51. The van der Waals surface area contributed by atoms with Crippen molar-refractivity contribution in [2.75, 3.05) is 28.4 Å². The third kappa shape index (κ3) is 4.02. The highest BCUT2D eigenvalue weighted by atomic mass is 127. The number of halogens is 1. The summed E-state index contributed by atoms with van der Waals surface area (Å²) in [5, 5.41) is 13.8. The van der Waals surface area contributed by atoms with E-state index in [0.717, 1.165) is 25.9 Å². The van der Waals surface area contributed by atoms with Gasteiger partial charge in [-0.1, -0.05) is 0 Å². The molecule has 162 valence electrons. The van der Waals surface area contributed by atoms with E-state index in [9.17, 15) is 9.90 Å². The number of carbonyl (C=O) groups is 1. The lowest BCUT2D eigenvalue weighted by atomic mass is 9.91. The molecular formula is C22H26INO6. The van der Waals surface area contributed by atoms with Crippen molar-refractivity contribution in [3.8, 4) is 17.2 Å². The van der Waals surface area contributed by atoms with Gasteiger partial charge in [0, 0.05) is 12.5 Å². The predicted octanol–water partition coefficient (Wildman–Crippen LogP) is 3.14. The Hall–Kier alpha value is -2.20. The van der Waals surface area contributed by atoms with Gasteiger partial charge in [0.2, 0.25) is 11.7 Å². The fourth-order valence-corrected chi connectivity index (χ4v) is 4.90. The number of benzene rings is 1. The van der Waals surface area contributed by atoms with Crippen molar-refractivity contribution in [1.29, 1.82) is 0 Å². The Morgan fingerprint density at radius 2 is 1.83 bits per heavy atom. The number of aliphatic hydroxyl groups is 1. The average Bonchev–Trinajstić information content (AvgIpc) is 2.92. The molecule has 0 spiro atoms. The molecule has 0 heterocycles. The van der Waals surface area contributed by atoms with Crippen LogP contribution in [-0.4, -0.2) is 51.6 Å².